The molecule has 140 valence electrons. The van der Waals surface area contributed by atoms with E-state index in [0.717, 1.165) is 17.0 Å². The first-order valence-electron chi connectivity index (χ1n) is 9.00. The lowest BCUT2D eigenvalue weighted by Gasteiger charge is -2.25. The van der Waals surface area contributed by atoms with Gasteiger partial charge < -0.3 is 4.90 Å². The van der Waals surface area contributed by atoms with Gasteiger partial charge in [-0.25, -0.2) is 0 Å². The predicted molar refractivity (Wildman–Crippen MR) is 110 cm³/mol. The van der Waals surface area contributed by atoms with Crippen LogP contribution in [0.4, 0.5) is 0 Å². The SMILES string of the molecule is Cc1ccc(-c2n[nH]c(=S)n2CCC(=O)N(C)C(C)c2ccccc2)cc1. The first-order valence-corrected chi connectivity index (χ1v) is 9.41. The molecule has 0 aliphatic carbocycles. The van der Waals surface area contributed by atoms with Crippen molar-refractivity contribution < 1.29 is 4.79 Å². The fourth-order valence-corrected chi connectivity index (χ4v) is 3.23. The summed E-state index contributed by atoms with van der Waals surface area (Å²) in [7, 11) is 1.84. The summed E-state index contributed by atoms with van der Waals surface area (Å²) in [5, 5.41) is 7.18. The molecule has 1 aromatic heterocycles. The van der Waals surface area contributed by atoms with Gasteiger partial charge in [-0.05, 0) is 31.6 Å². The van der Waals surface area contributed by atoms with E-state index in [4.69, 9.17) is 12.2 Å². The maximum Gasteiger partial charge on any atom is 0.224 e. The van der Waals surface area contributed by atoms with Crippen LogP contribution in [-0.4, -0.2) is 32.6 Å². The van der Waals surface area contributed by atoms with Gasteiger partial charge in [0.15, 0.2) is 10.6 Å². The number of amides is 1. The van der Waals surface area contributed by atoms with Crippen LogP contribution in [0.15, 0.2) is 54.6 Å². The van der Waals surface area contributed by atoms with E-state index in [9.17, 15) is 4.79 Å². The number of aromatic amines is 1. The minimum Gasteiger partial charge on any atom is -0.339 e. The molecule has 1 amide bonds. The molecular formula is C21H24N4OS. The molecule has 2 aromatic carbocycles. The van der Waals surface area contributed by atoms with Gasteiger partial charge in [-0.1, -0.05) is 60.2 Å². The smallest absolute Gasteiger partial charge is 0.224 e. The summed E-state index contributed by atoms with van der Waals surface area (Å²) in [4.78, 5) is 14.5. The third kappa shape index (κ3) is 4.34. The standard InChI is InChI=1S/C21H24N4OS/c1-15-9-11-18(12-10-15)20-22-23-21(27)25(20)14-13-19(26)24(3)16(2)17-7-5-4-6-8-17/h4-12,16H,13-14H2,1-3H3,(H,23,27). The van der Waals surface area contributed by atoms with E-state index >= 15 is 0 Å². The molecule has 1 N–H and O–H groups in total. The molecule has 5 nitrogen and oxygen atoms in total. The van der Waals surface area contributed by atoms with Crippen molar-refractivity contribution in [3.63, 3.8) is 0 Å². The van der Waals surface area contributed by atoms with Crippen molar-refractivity contribution in [3.05, 3.63) is 70.5 Å². The molecule has 0 radical (unpaired) electrons. The van der Waals surface area contributed by atoms with Crippen molar-refractivity contribution in [2.24, 2.45) is 0 Å². The Labute approximate surface area is 164 Å². The number of hydrogen-bond acceptors (Lipinski definition) is 3. The average molecular weight is 381 g/mol. The molecule has 1 unspecified atom stereocenters. The fourth-order valence-electron chi connectivity index (χ4n) is 3.00. The summed E-state index contributed by atoms with van der Waals surface area (Å²) >= 11 is 5.36. The van der Waals surface area contributed by atoms with Gasteiger partial charge in [-0.3, -0.25) is 14.5 Å². The molecule has 3 aromatic rings. The first kappa shape index (κ1) is 19.0. The van der Waals surface area contributed by atoms with Crippen LogP contribution in [0.25, 0.3) is 11.4 Å². The highest BCUT2D eigenvalue weighted by atomic mass is 32.1. The zero-order valence-electron chi connectivity index (χ0n) is 15.8. The lowest BCUT2D eigenvalue weighted by atomic mass is 10.1. The van der Waals surface area contributed by atoms with Crippen LogP contribution in [0.3, 0.4) is 0 Å². The first-order chi connectivity index (χ1) is 13.0. The minimum absolute atomic E-state index is 0.0209. The largest absolute Gasteiger partial charge is 0.339 e. The molecule has 0 aliphatic heterocycles. The Morgan fingerprint density at radius 1 is 1.19 bits per heavy atom. The zero-order valence-corrected chi connectivity index (χ0v) is 16.7. The third-order valence-electron chi connectivity index (χ3n) is 4.87. The topological polar surface area (TPSA) is 53.9 Å². The van der Waals surface area contributed by atoms with E-state index in [0.29, 0.717) is 17.7 Å². The number of nitrogens with one attached hydrogen (secondary N) is 1. The quantitative estimate of drug-likeness (QED) is 0.640. The van der Waals surface area contributed by atoms with Crippen LogP contribution < -0.4 is 0 Å². The lowest BCUT2D eigenvalue weighted by Crippen LogP contribution is -2.30. The number of rotatable bonds is 6. The predicted octanol–water partition coefficient (Wildman–Crippen LogP) is 4.53. The van der Waals surface area contributed by atoms with Crippen LogP contribution in [0, 0.1) is 11.7 Å². The lowest BCUT2D eigenvalue weighted by molar-refractivity contribution is -0.132. The summed E-state index contributed by atoms with van der Waals surface area (Å²) in [6.45, 7) is 4.57. The third-order valence-corrected chi connectivity index (χ3v) is 5.19. The zero-order chi connectivity index (χ0) is 19.4. The Bertz CT molecular complexity index is 960. The molecule has 0 bridgehead atoms. The van der Waals surface area contributed by atoms with E-state index in [2.05, 4.69) is 10.2 Å². The molecule has 1 heterocycles. The van der Waals surface area contributed by atoms with Gasteiger partial charge >= 0.3 is 0 Å². The Morgan fingerprint density at radius 3 is 2.52 bits per heavy atom. The molecule has 1 atom stereocenters. The highest BCUT2D eigenvalue weighted by Gasteiger charge is 2.18. The van der Waals surface area contributed by atoms with E-state index in [1.807, 2.05) is 80.1 Å². The van der Waals surface area contributed by atoms with E-state index in [-0.39, 0.29) is 11.9 Å². The van der Waals surface area contributed by atoms with E-state index < -0.39 is 0 Å². The Balaban J connectivity index is 1.71. The Kier molecular flexibility index (Phi) is 5.86. The average Bonchev–Trinajstić information content (AvgIpc) is 3.06. The number of carbonyl (C=O) groups is 1. The highest BCUT2D eigenvalue weighted by Crippen LogP contribution is 2.21. The van der Waals surface area contributed by atoms with E-state index in [1.165, 1.54) is 5.56 Å². The van der Waals surface area contributed by atoms with Crippen molar-refractivity contribution in [3.8, 4) is 11.4 Å². The second-order valence-electron chi connectivity index (χ2n) is 6.71. The van der Waals surface area contributed by atoms with E-state index in [1.54, 1.807) is 4.90 Å². The van der Waals surface area contributed by atoms with Crippen molar-refractivity contribution in [2.45, 2.75) is 32.9 Å². The van der Waals surface area contributed by atoms with Gasteiger partial charge in [-0.2, -0.15) is 5.10 Å². The van der Waals surface area contributed by atoms with Gasteiger partial charge in [0.05, 0.1) is 6.04 Å². The van der Waals surface area contributed by atoms with Crippen LogP contribution in [0.5, 0.6) is 0 Å². The molecule has 27 heavy (non-hydrogen) atoms. The highest BCUT2D eigenvalue weighted by molar-refractivity contribution is 7.71. The van der Waals surface area contributed by atoms with Crippen LogP contribution in [-0.2, 0) is 11.3 Å². The number of nitrogens with zero attached hydrogens (tertiary/aromatic N) is 3. The minimum atomic E-state index is 0.0209. The molecule has 0 saturated heterocycles. The molecule has 0 spiro atoms. The number of aryl methyl sites for hydroxylation is 1. The van der Waals surface area contributed by atoms with Crippen molar-refractivity contribution in [1.82, 2.24) is 19.7 Å². The number of hydrogen-bond donors (Lipinski definition) is 1. The van der Waals surface area contributed by atoms with Gasteiger partial charge in [0, 0.05) is 25.6 Å². The maximum absolute atomic E-state index is 12.7. The molecule has 6 heteroatoms. The van der Waals surface area contributed by atoms with Gasteiger partial charge in [-0.15, -0.1) is 0 Å². The normalized spacial score (nSPS) is 12.0. The number of carbonyl (C=O) groups excluding carboxylic acids is 1. The second kappa shape index (κ2) is 8.31. The summed E-state index contributed by atoms with van der Waals surface area (Å²) in [6.07, 6.45) is 0.361. The summed E-state index contributed by atoms with van der Waals surface area (Å²) in [5.74, 6) is 0.830. The van der Waals surface area contributed by atoms with Crippen molar-refractivity contribution in [2.75, 3.05) is 7.05 Å². The van der Waals surface area contributed by atoms with Gasteiger partial charge in [0.1, 0.15) is 0 Å². The van der Waals surface area contributed by atoms with Crippen molar-refractivity contribution >= 4 is 18.1 Å². The maximum atomic E-state index is 12.7. The summed E-state index contributed by atoms with van der Waals surface area (Å²) < 4.78 is 2.41. The monoisotopic (exact) mass is 380 g/mol. The Hall–Kier alpha value is -2.73. The van der Waals surface area contributed by atoms with Gasteiger partial charge in [0.25, 0.3) is 0 Å². The number of H-pyrrole nitrogens is 1. The fraction of sp³-hybridized carbons (Fsp3) is 0.286. The number of aromatic nitrogens is 3. The summed E-state index contributed by atoms with van der Waals surface area (Å²) in [5.41, 5.74) is 3.28. The summed E-state index contributed by atoms with van der Waals surface area (Å²) in [6, 6.07) is 18.2. The van der Waals surface area contributed by atoms with Crippen molar-refractivity contribution in [1.29, 1.82) is 0 Å². The second-order valence-corrected chi connectivity index (χ2v) is 7.10. The Morgan fingerprint density at radius 2 is 1.85 bits per heavy atom. The molecule has 0 aliphatic rings. The molecular weight excluding hydrogens is 356 g/mol. The molecule has 0 saturated carbocycles. The number of benzene rings is 2. The van der Waals surface area contributed by atoms with Crippen LogP contribution >= 0.6 is 12.2 Å². The van der Waals surface area contributed by atoms with Gasteiger partial charge in [0.2, 0.25) is 5.91 Å². The molecule has 0 fully saturated rings. The van der Waals surface area contributed by atoms with Crippen LogP contribution in [0.2, 0.25) is 0 Å². The molecule has 3 rings (SSSR count). The van der Waals surface area contributed by atoms with Crippen LogP contribution in [0.1, 0.15) is 30.5 Å².